The summed E-state index contributed by atoms with van der Waals surface area (Å²) in [5.41, 5.74) is 5.87. The van der Waals surface area contributed by atoms with E-state index in [-0.39, 0.29) is 24.8 Å². The summed E-state index contributed by atoms with van der Waals surface area (Å²) >= 11 is 0. The van der Waals surface area contributed by atoms with Gasteiger partial charge in [0.1, 0.15) is 5.75 Å². The number of hydrogen-bond donors (Lipinski definition) is 2. The normalized spacial score (nSPS) is 12.1. The lowest BCUT2D eigenvalue weighted by atomic mass is 10.1. The minimum absolute atomic E-state index is 0. The van der Waals surface area contributed by atoms with Gasteiger partial charge in [0, 0.05) is 5.56 Å². The van der Waals surface area contributed by atoms with Gasteiger partial charge in [-0.25, -0.2) is 0 Å². The molecule has 86 valence electrons. The molecule has 1 unspecified atom stereocenters. The van der Waals surface area contributed by atoms with Gasteiger partial charge in [-0.2, -0.15) is 8.78 Å². The van der Waals surface area contributed by atoms with Crippen molar-refractivity contribution >= 4 is 12.4 Å². The number of para-hydroxylation sites is 1. The second-order valence-corrected chi connectivity index (χ2v) is 2.71. The zero-order valence-electron chi connectivity index (χ0n) is 7.77. The zero-order chi connectivity index (χ0) is 10.6. The molecular weight excluding hydrogens is 228 g/mol. The smallest absolute Gasteiger partial charge is 0.387 e. The summed E-state index contributed by atoms with van der Waals surface area (Å²) in [6.07, 6.45) is 0. The van der Waals surface area contributed by atoms with Crippen molar-refractivity contribution in [2.24, 2.45) is 5.73 Å². The Labute approximate surface area is 92.3 Å². The van der Waals surface area contributed by atoms with Gasteiger partial charge in [0.25, 0.3) is 0 Å². The number of aliphatic hydroxyl groups excluding tert-OH is 1. The molecule has 0 heterocycles. The third kappa shape index (κ3) is 3.99. The van der Waals surface area contributed by atoms with Crippen LogP contribution in [-0.4, -0.2) is 18.3 Å². The largest absolute Gasteiger partial charge is 0.434 e. The first-order chi connectivity index (χ1) is 6.65. The molecule has 1 aromatic carbocycles. The van der Waals surface area contributed by atoms with Crippen LogP contribution >= 0.6 is 12.4 Å². The molecule has 0 aromatic heterocycles. The summed E-state index contributed by atoms with van der Waals surface area (Å²) in [7, 11) is 0. The standard InChI is InChI=1S/C9H11F2NO2.ClH/c10-9(11)14-8-4-2-1-3-6(8)7(12)5-13;/h1-4,7,9,13H,5,12H2;1H. The van der Waals surface area contributed by atoms with Crippen LogP contribution in [0.15, 0.2) is 24.3 Å². The van der Waals surface area contributed by atoms with E-state index >= 15 is 0 Å². The molecule has 0 aliphatic carbocycles. The highest BCUT2D eigenvalue weighted by Crippen LogP contribution is 2.24. The fourth-order valence-electron chi connectivity index (χ4n) is 1.09. The lowest BCUT2D eigenvalue weighted by Crippen LogP contribution is -2.16. The average Bonchev–Trinajstić information content (AvgIpc) is 2.16. The first-order valence-electron chi connectivity index (χ1n) is 4.05. The molecule has 0 spiro atoms. The van der Waals surface area contributed by atoms with E-state index in [4.69, 9.17) is 10.8 Å². The Morgan fingerprint density at radius 1 is 1.33 bits per heavy atom. The summed E-state index contributed by atoms with van der Waals surface area (Å²) in [5.74, 6) is 0.00375. The van der Waals surface area contributed by atoms with Gasteiger partial charge in [-0.15, -0.1) is 12.4 Å². The number of ether oxygens (including phenoxy) is 1. The van der Waals surface area contributed by atoms with Crippen molar-refractivity contribution in [1.82, 2.24) is 0 Å². The SMILES string of the molecule is Cl.NC(CO)c1ccccc1OC(F)F. The Kier molecular flexibility index (Phi) is 6.15. The molecular formula is C9H12ClF2NO2. The molecule has 0 saturated carbocycles. The molecule has 0 fully saturated rings. The van der Waals surface area contributed by atoms with Crippen molar-refractivity contribution in [3.8, 4) is 5.75 Å². The molecule has 0 amide bonds. The van der Waals surface area contributed by atoms with Gasteiger partial charge in [-0.3, -0.25) is 0 Å². The lowest BCUT2D eigenvalue weighted by molar-refractivity contribution is -0.0507. The van der Waals surface area contributed by atoms with Crippen molar-refractivity contribution in [1.29, 1.82) is 0 Å². The average molecular weight is 240 g/mol. The van der Waals surface area contributed by atoms with Crippen LogP contribution in [-0.2, 0) is 0 Å². The summed E-state index contributed by atoms with van der Waals surface area (Å²) in [5, 5.41) is 8.78. The maximum absolute atomic E-state index is 11.9. The number of alkyl halides is 2. The third-order valence-electron chi connectivity index (χ3n) is 1.73. The number of aliphatic hydroxyl groups is 1. The number of halogens is 3. The molecule has 1 rings (SSSR count). The fraction of sp³-hybridized carbons (Fsp3) is 0.333. The molecule has 6 heteroatoms. The highest BCUT2D eigenvalue weighted by molar-refractivity contribution is 5.85. The topological polar surface area (TPSA) is 55.5 Å². The van der Waals surface area contributed by atoms with Crippen LogP contribution in [0.1, 0.15) is 11.6 Å². The van der Waals surface area contributed by atoms with Crippen LogP contribution in [0, 0.1) is 0 Å². The van der Waals surface area contributed by atoms with Crippen molar-refractivity contribution in [3.05, 3.63) is 29.8 Å². The quantitative estimate of drug-likeness (QED) is 0.841. The van der Waals surface area contributed by atoms with Crippen LogP contribution in [0.5, 0.6) is 5.75 Å². The highest BCUT2D eigenvalue weighted by Gasteiger charge is 2.13. The van der Waals surface area contributed by atoms with Crippen molar-refractivity contribution in [2.45, 2.75) is 12.7 Å². The van der Waals surface area contributed by atoms with Gasteiger partial charge in [0.15, 0.2) is 0 Å². The monoisotopic (exact) mass is 239 g/mol. The lowest BCUT2D eigenvalue weighted by Gasteiger charge is -2.14. The summed E-state index contributed by atoms with van der Waals surface area (Å²) in [4.78, 5) is 0. The predicted molar refractivity (Wildman–Crippen MR) is 54.3 cm³/mol. The summed E-state index contributed by atoms with van der Waals surface area (Å²) < 4.78 is 28.1. The number of hydrogen-bond acceptors (Lipinski definition) is 3. The van der Waals surface area contributed by atoms with Crippen LogP contribution in [0.3, 0.4) is 0 Å². The maximum atomic E-state index is 11.9. The van der Waals surface area contributed by atoms with Gasteiger partial charge < -0.3 is 15.6 Å². The van der Waals surface area contributed by atoms with E-state index in [1.165, 1.54) is 6.07 Å². The summed E-state index contributed by atoms with van der Waals surface area (Å²) in [6.45, 7) is -3.20. The Morgan fingerprint density at radius 2 is 1.93 bits per heavy atom. The molecule has 0 bridgehead atoms. The van der Waals surface area contributed by atoms with Gasteiger partial charge in [-0.05, 0) is 6.07 Å². The van der Waals surface area contributed by atoms with E-state index in [2.05, 4.69) is 4.74 Å². The molecule has 1 aromatic rings. The molecule has 0 aliphatic rings. The number of nitrogens with two attached hydrogens (primary N) is 1. The van der Waals surface area contributed by atoms with Gasteiger partial charge in [0.2, 0.25) is 0 Å². The van der Waals surface area contributed by atoms with Crippen LogP contribution in [0.25, 0.3) is 0 Å². The summed E-state index contributed by atoms with van der Waals surface area (Å²) in [6, 6.07) is 5.43. The second-order valence-electron chi connectivity index (χ2n) is 2.71. The highest BCUT2D eigenvalue weighted by atomic mass is 35.5. The zero-order valence-corrected chi connectivity index (χ0v) is 8.58. The Hall–Kier alpha value is -0.910. The van der Waals surface area contributed by atoms with Crippen LogP contribution < -0.4 is 10.5 Å². The van der Waals surface area contributed by atoms with Crippen LogP contribution in [0.4, 0.5) is 8.78 Å². The van der Waals surface area contributed by atoms with E-state index < -0.39 is 12.7 Å². The molecule has 0 saturated heterocycles. The van der Waals surface area contributed by atoms with Crippen molar-refractivity contribution < 1.29 is 18.6 Å². The predicted octanol–water partition coefficient (Wildman–Crippen LogP) is 1.70. The fourth-order valence-corrected chi connectivity index (χ4v) is 1.09. The Morgan fingerprint density at radius 3 is 2.47 bits per heavy atom. The van der Waals surface area contributed by atoms with Crippen LogP contribution in [0.2, 0.25) is 0 Å². The number of benzene rings is 1. The van der Waals surface area contributed by atoms with E-state index in [1.807, 2.05) is 0 Å². The molecule has 3 nitrogen and oxygen atoms in total. The Balaban J connectivity index is 0.00000196. The van der Waals surface area contributed by atoms with Crippen molar-refractivity contribution in [3.63, 3.8) is 0 Å². The molecule has 3 N–H and O–H groups in total. The van der Waals surface area contributed by atoms with E-state index in [0.717, 1.165) is 0 Å². The maximum Gasteiger partial charge on any atom is 0.387 e. The first-order valence-corrected chi connectivity index (χ1v) is 4.05. The molecule has 0 aliphatic heterocycles. The van der Waals surface area contributed by atoms with Crippen molar-refractivity contribution in [2.75, 3.05) is 6.61 Å². The van der Waals surface area contributed by atoms with E-state index in [9.17, 15) is 8.78 Å². The van der Waals surface area contributed by atoms with E-state index in [1.54, 1.807) is 18.2 Å². The molecule has 15 heavy (non-hydrogen) atoms. The van der Waals surface area contributed by atoms with Gasteiger partial charge in [-0.1, -0.05) is 18.2 Å². The minimum Gasteiger partial charge on any atom is -0.434 e. The first kappa shape index (κ1) is 14.1. The number of rotatable bonds is 4. The molecule has 0 radical (unpaired) electrons. The van der Waals surface area contributed by atoms with E-state index in [0.29, 0.717) is 5.56 Å². The van der Waals surface area contributed by atoms with Gasteiger partial charge in [0.05, 0.1) is 12.6 Å². The second kappa shape index (κ2) is 6.55. The molecule has 1 atom stereocenters. The minimum atomic E-state index is -2.89. The van der Waals surface area contributed by atoms with Gasteiger partial charge >= 0.3 is 6.61 Å². The Bertz CT molecular complexity index is 299. The third-order valence-corrected chi connectivity index (χ3v) is 1.73.